The molecule has 0 atom stereocenters. The maximum Gasteiger partial charge on any atom is 0.137 e. The first-order chi connectivity index (χ1) is 11.8. The smallest absolute Gasteiger partial charge is 0.137 e. The van der Waals surface area contributed by atoms with Gasteiger partial charge in [0.1, 0.15) is 11.3 Å². The van der Waals surface area contributed by atoms with E-state index >= 15 is 0 Å². The maximum atomic E-state index is 4.50. The molecule has 1 aromatic carbocycles. The molecule has 0 amide bonds. The molecule has 5 rings (SSSR count). The van der Waals surface area contributed by atoms with E-state index < -0.39 is 0 Å². The molecule has 0 saturated carbocycles. The number of hydrogen-bond acceptors (Lipinski definition) is 3. The van der Waals surface area contributed by atoms with E-state index in [-0.39, 0.29) is 0 Å². The second kappa shape index (κ2) is 4.79. The van der Waals surface area contributed by atoms with Gasteiger partial charge in [-0.1, -0.05) is 6.07 Å². The van der Waals surface area contributed by atoms with E-state index in [1.807, 2.05) is 31.6 Å². The van der Waals surface area contributed by atoms with E-state index in [0.29, 0.717) is 0 Å². The number of H-pyrrole nitrogens is 2. The van der Waals surface area contributed by atoms with Crippen LogP contribution in [0, 0.1) is 0 Å². The molecule has 0 unspecified atom stereocenters. The Morgan fingerprint density at radius 2 is 2.04 bits per heavy atom. The highest BCUT2D eigenvalue weighted by Crippen LogP contribution is 2.31. The van der Waals surface area contributed by atoms with Crippen LogP contribution in [0.3, 0.4) is 0 Å². The number of pyridine rings is 1. The molecule has 0 radical (unpaired) electrons. The molecule has 4 heterocycles. The first kappa shape index (κ1) is 13.1. The number of benzene rings is 1. The summed E-state index contributed by atoms with van der Waals surface area (Å²) in [5.41, 5.74) is 5.93. The monoisotopic (exact) mass is 314 g/mol. The third-order valence-electron chi connectivity index (χ3n) is 4.25. The Balaban J connectivity index is 1.70. The lowest BCUT2D eigenvalue weighted by molar-refractivity contribution is 0.768. The zero-order valence-electron chi connectivity index (χ0n) is 13.0. The van der Waals surface area contributed by atoms with E-state index in [4.69, 9.17) is 0 Å². The largest absolute Gasteiger partial charge is 0.338 e. The fraction of sp³-hybridized carbons (Fsp3) is 0.0556. The van der Waals surface area contributed by atoms with Gasteiger partial charge in [-0.3, -0.25) is 9.78 Å². The molecule has 6 nitrogen and oxygen atoms in total. The number of hydrogen-bond donors (Lipinski definition) is 2. The van der Waals surface area contributed by atoms with E-state index in [1.54, 1.807) is 10.9 Å². The fourth-order valence-corrected chi connectivity index (χ4v) is 3.05. The Morgan fingerprint density at radius 3 is 2.88 bits per heavy atom. The van der Waals surface area contributed by atoms with Gasteiger partial charge >= 0.3 is 0 Å². The van der Waals surface area contributed by atoms with Crippen molar-refractivity contribution in [1.82, 2.24) is 29.9 Å². The molecule has 0 bridgehead atoms. The van der Waals surface area contributed by atoms with Gasteiger partial charge in [0.15, 0.2) is 0 Å². The Labute approximate surface area is 137 Å². The summed E-state index contributed by atoms with van der Waals surface area (Å²) in [5.74, 6) is 0. The van der Waals surface area contributed by atoms with Crippen LogP contribution in [0.25, 0.3) is 44.5 Å². The molecule has 6 heteroatoms. The SMILES string of the molecule is Cn1cc(-c2ccc3[nH]nc(-c4cc5cccnc5[nH]4)c3c2)cn1. The van der Waals surface area contributed by atoms with Crippen molar-refractivity contribution in [2.24, 2.45) is 7.05 Å². The van der Waals surface area contributed by atoms with Crippen LogP contribution in [-0.4, -0.2) is 29.9 Å². The van der Waals surface area contributed by atoms with Crippen molar-refractivity contribution in [3.63, 3.8) is 0 Å². The molecular weight excluding hydrogens is 300 g/mol. The third kappa shape index (κ3) is 1.93. The summed E-state index contributed by atoms with van der Waals surface area (Å²) in [7, 11) is 1.92. The lowest BCUT2D eigenvalue weighted by Crippen LogP contribution is -1.84. The summed E-state index contributed by atoms with van der Waals surface area (Å²) >= 11 is 0. The predicted molar refractivity (Wildman–Crippen MR) is 93.4 cm³/mol. The molecule has 0 saturated heterocycles. The van der Waals surface area contributed by atoms with Crippen LogP contribution in [0.2, 0.25) is 0 Å². The standard InChI is InChI=1S/C18H14N6/c1-24-10-13(9-20-24)11-4-5-15-14(7-11)17(23-22-15)16-8-12-3-2-6-19-18(12)21-16/h2-10H,1H3,(H,19,21)(H,22,23). The lowest BCUT2D eigenvalue weighted by atomic mass is 10.1. The molecule has 5 aromatic rings. The summed E-state index contributed by atoms with van der Waals surface area (Å²) in [6, 6.07) is 12.3. The molecule has 0 aliphatic carbocycles. The minimum absolute atomic E-state index is 0.868. The van der Waals surface area contributed by atoms with Crippen LogP contribution in [0.4, 0.5) is 0 Å². The number of aromatic amines is 2. The Kier molecular flexibility index (Phi) is 2.61. The lowest BCUT2D eigenvalue weighted by Gasteiger charge is -1.99. The van der Waals surface area contributed by atoms with E-state index in [1.165, 1.54) is 0 Å². The summed E-state index contributed by atoms with van der Waals surface area (Å²) in [4.78, 5) is 7.70. The van der Waals surface area contributed by atoms with Crippen molar-refractivity contribution in [3.05, 3.63) is 55.0 Å². The van der Waals surface area contributed by atoms with Gasteiger partial charge in [-0.25, -0.2) is 4.98 Å². The van der Waals surface area contributed by atoms with E-state index in [9.17, 15) is 0 Å². The van der Waals surface area contributed by atoms with Crippen molar-refractivity contribution >= 4 is 21.9 Å². The molecule has 24 heavy (non-hydrogen) atoms. The van der Waals surface area contributed by atoms with Crippen LogP contribution in [0.15, 0.2) is 55.0 Å². The highest BCUT2D eigenvalue weighted by molar-refractivity contribution is 5.97. The predicted octanol–water partition coefficient (Wildman–Crippen LogP) is 3.51. The molecule has 116 valence electrons. The van der Waals surface area contributed by atoms with Gasteiger partial charge < -0.3 is 4.98 Å². The highest BCUT2D eigenvalue weighted by Gasteiger charge is 2.12. The van der Waals surface area contributed by atoms with Gasteiger partial charge in [-0.2, -0.15) is 10.2 Å². The van der Waals surface area contributed by atoms with Crippen molar-refractivity contribution < 1.29 is 0 Å². The summed E-state index contributed by atoms with van der Waals surface area (Å²) in [6.45, 7) is 0. The molecule has 0 aliphatic rings. The van der Waals surface area contributed by atoms with Crippen molar-refractivity contribution in [2.75, 3.05) is 0 Å². The Morgan fingerprint density at radius 1 is 1.08 bits per heavy atom. The summed E-state index contributed by atoms with van der Waals surface area (Å²) < 4.78 is 1.80. The molecule has 0 spiro atoms. The first-order valence-corrected chi connectivity index (χ1v) is 7.69. The number of aromatic nitrogens is 6. The average Bonchev–Trinajstić information content (AvgIpc) is 3.30. The Bertz CT molecular complexity index is 1140. The highest BCUT2D eigenvalue weighted by atomic mass is 15.2. The van der Waals surface area contributed by atoms with Gasteiger partial charge in [0.2, 0.25) is 0 Å². The fourth-order valence-electron chi connectivity index (χ4n) is 3.05. The number of aryl methyl sites for hydroxylation is 1. The average molecular weight is 314 g/mol. The van der Waals surface area contributed by atoms with Gasteiger partial charge in [0.25, 0.3) is 0 Å². The summed E-state index contributed by atoms with van der Waals surface area (Å²) in [6.07, 6.45) is 5.66. The van der Waals surface area contributed by atoms with E-state index in [2.05, 4.69) is 49.5 Å². The van der Waals surface area contributed by atoms with Crippen molar-refractivity contribution in [1.29, 1.82) is 0 Å². The van der Waals surface area contributed by atoms with Crippen LogP contribution < -0.4 is 0 Å². The normalized spacial score (nSPS) is 11.5. The van der Waals surface area contributed by atoms with Crippen LogP contribution in [-0.2, 0) is 7.05 Å². The second-order valence-corrected chi connectivity index (χ2v) is 5.86. The number of fused-ring (bicyclic) bond motifs is 2. The molecule has 0 aliphatic heterocycles. The zero-order chi connectivity index (χ0) is 16.1. The van der Waals surface area contributed by atoms with Crippen molar-refractivity contribution in [2.45, 2.75) is 0 Å². The van der Waals surface area contributed by atoms with Gasteiger partial charge in [0.05, 0.1) is 17.4 Å². The first-order valence-electron chi connectivity index (χ1n) is 7.69. The zero-order valence-corrected chi connectivity index (χ0v) is 13.0. The van der Waals surface area contributed by atoms with Crippen LogP contribution >= 0.6 is 0 Å². The van der Waals surface area contributed by atoms with Gasteiger partial charge in [-0.05, 0) is 35.9 Å². The van der Waals surface area contributed by atoms with Gasteiger partial charge in [0, 0.05) is 35.8 Å². The minimum atomic E-state index is 0.868. The van der Waals surface area contributed by atoms with Crippen LogP contribution in [0.1, 0.15) is 0 Å². The Hall–Kier alpha value is -3.41. The van der Waals surface area contributed by atoms with Crippen LogP contribution in [0.5, 0.6) is 0 Å². The maximum absolute atomic E-state index is 4.50. The van der Waals surface area contributed by atoms with Gasteiger partial charge in [-0.15, -0.1) is 0 Å². The molecule has 4 aromatic heterocycles. The van der Waals surface area contributed by atoms with E-state index in [0.717, 1.165) is 44.5 Å². The summed E-state index contributed by atoms with van der Waals surface area (Å²) in [5, 5.41) is 14.0. The third-order valence-corrected chi connectivity index (χ3v) is 4.25. The number of rotatable bonds is 2. The number of nitrogens with zero attached hydrogens (tertiary/aromatic N) is 4. The molecule has 0 fully saturated rings. The quantitative estimate of drug-likeness (QED) is 0.523. The second-order valence-electron chi connectivity index (χ2n) is 5.86. The van der Waals surface area contributed by atoms with Crippen molar-refractivity contribution in [3.8, 4) is 22.5 Å². The topological polar surface area (TPSA) is 75.2 Å². The minimum Gasteiger partial charge on any atom is -0.338 e. The molecule has 2 N–H and O–H groups in total. The molecular formula is C18H14N6. The number of nitrogens with one attached hydrogen (secondary N) is 2.